The van der Waals surface area contributed by atoms with E-state index in [1.807, 2.05) is 13.8 Å². The van der Waals surface area contributed by atoms with Crippen molar-refractivity contribution in [2.24, 2.45) is 5.92 Å². The number of hydrogen-bond donors (Lipinski definition) is 1. The molecule has 0 fully saturated rings. The van der Waals surface area contributed by atoms with Gasteiger partial charge in [-0.05, 0) is 55.2 Å². The first kappa shape index (κ1) is 32.0. The Morgan fingerprint density at radius 2 is 1.68 bits per heavy atom. The number of methoxy groups -OCH3 is 1. The van der Waals surface area contributed by atoms with E-state index in [9.17, 15) is 18.0 Å². The molecule has 1 atom stereocenters. The number of carbonyl (C=O) groups is 2. The summed E-state index contributed by atoms with van der Waals surface area (Å²) in [6.07, 6.45) is 1.32. The number of hydrogen-bond acceptors (Lipinski definition) is 5. The van der Waals surface area contributed by atoms with Crippen molar-refractivity contribution < 1.29 is 22.7 Å². The Hall–Kier alpha value is -2.20. The largest absolute Gasteiger partial charge is 0.495 e. The minimum Gasteiger partial charge on any atom is -0.495 e. The van der Waals surface area contributed by atoms with Gasteiger partial charge in [0.05, 0.1) is 34.1 Å². The quantitative estimate of drug-likeness (QED) is 0.330. The second-order valence-corrected chi connectivity index (χ2v) is 12.5. The van der Waals surface area contributed by atoms with Gasteiger partial charge >= 0.3 is 0 Å². The number of benzene rings is 2. The van der Waals surface area contributed by atoms with E-state index in [1.165, 1.54) is 22.4 Å². The standard InChI is InChI=1S/C26H34Cl3N3O5S/c1-17(2)15-30-26(34)18(3)31(16-19-8-10-21(27)22(28)13-19)25(33)7-6-12-32(38(5,35)36)20-9-11-24(37-4)23(29)14-20/h8-11,13-14,17-18H,6-7,12,15-16H2,1-5H3,(H,30,34)/t18-/m1/s1. The molecule has 1 N–H and O–H groups in total. The minimum atomic E-state index is -3.66. The van der Waals surface area contributed by atoms with Crippen LogP contribution in [-0.2, 0) is 26.2 Å². The summed E-state index contributed by atoms with van der Waals surface area (Å²) in [5.41, 5.74) is 1.07. The highest BCUT2D eigenvalue weighted by Crippen LogP contribution is 2.30. The van der Waals surface area contributed by atoms with E-state index in [0.717, 1.165) is 6.26 Å². The van der Waals surface area contributed by atoms with E-state index in [4.69, 9.17) is 39.5 Å². The molecule has 0 saturated heterocycles. The Balaban J connectivity index is 2.21. The van der Waals surface area contributed by atoms with Crippen molar-refractivity contribution in [1.82, 2.24) is 10.2 Å². The number of carbonyl (C=O) groups excluding carboxylic acids is 2. The highest BCUT2D eigenvalue weighted by molar-refractivity contribution is 7.92. The van der Waals surface area contributed by atoms with Crippen LogP contribution in [0.15, 0.2) is 36.4 Å². The van der Waals surface area contributed by atoms with Crippen LogP contribution in [0.5, 0.6) is 5.75 Å². The van der Waals surface area contributed by atoms with Crippen LogP contribution in [0, 0.1) is 5.92 Å². The topological polar surface area (TPSA) is 96.0 Å². The van der Waals surface area contributed by atoms with E-state index in [2.05, 4.69) is 5.32 Å². The summed E-state index contributed by atoms with van der Waals surface area (Å²) in [7, 11) is -2.19. The van der Waals surface area contributed by atoms with Gasteiger partial charge in [0.2, 0.25) is 21.8 Å². The normalized spacial score (nSPS) is 12.2. The second kappa shape index (κ2) is 14.3. The molecule has 2 aromatic carbocycles. The molecule has 0 spiro atoms. The first-order valence-corrected chi connectivity index (χ1v) is 15.0. The van der Waals surface area contributed by atoms with E-state index in [-0.39, 0.29) is 48.7 Å². The Bertz CT molecular complexity index is 1240. The molecule has 12 heteroatoms. The summed E-state index contributed by atoms with van der Waals surface area (Å²) in [6.45, 7) is 6.27. The lowest BCUT2D eigenvalue weighted by atomic mass is 10.1. The van der Waals surface area contributed by atoms with E-state index in [0.29, 0.717) is 33.6 Å². The van der Waals surface area contributed by atoms with Crippen LogP contribution in [0.4, 0.5) is 5.69 Å². The average molecular weight is 607 g/mol. The Labute approximate surface area is 240 Å². The zero-order chi connectivity index (χ0) is 28.6. The lowest BCUT2D eigenvalue weighted by Gasteiger charge is -2.30. The van der Waals surface area contributed by atoms with Crippen LogP contribution in [0.3, 0.4) is 0 Å². The van der Waals surface area contributed by atoms with Gasteiger partial charge in [-0.25, -0.2) is 8.42 Å². The zero-order valence-electron chi connectivity index (χ0n) is 22.1. The van der Waals surface area contributed by atoms with Crippen molar-refractivity contribution in [2.45, 2.75) is 46.2 Å². The fraction of sp³-hybridized carbons (Fsp3) is 0.462. The molecule has 2 rings (SSSR count). The van der Waals surface area contributed by atoms with Crippen LogP contribution in [-0.4, -0.2) is 57.6 Å². The molecular weight excluding hydrogens is 573 g/mol. The maximum atomic E-state index is 13.4. The van der Waals surface area contributed by atoms with Crippen LogP contribution in [0.25, 0.3) is 0 Å². The molecule has 0 saturated carbocycles. The highest BCUT2D eigenvalue weighted by atomic mass is 35.5. The predicted octanol–water partition coefficient (Wildman–Crippen LogP) is 5.39. The third-order valence-electron chi connectivity index (χ3n) is 5.76. The number of nitrogens with zero attached hydrogens (tertiary/aromatic N) is 2. The summed E-state index contributed by atoms with van der Waals surface area (Å²) in [6, 6.07) is 8.94. The molecule has 0 aliphatic carbocycles. The molecule has 38 heavy (non-hydrogen) atoms. The Morgan fingerprint density at radius 1 is 1.00 bits per heavy atom. The second-order valence-electron chi connectivity index (χ2n) is 9.34. The maximum absolute atomic E-state index is 13.4. The molecule has 2 aromatic rings. The fourth-order valence-electron chi connectivity index (χ4n) is 3.68. The molecule has 2 amide bonds. The molecule has 0 aliphatic rings. The average Bonchev–Trinajstić information content (AvgIpc) is 2.84. The number of rotatable bonds is 13. The highest BCUT2D eigenvalue weighted by Gasteiger charge is 2.27. The van der Waals surface area contributed by atoms with Crippen LogP contribution >= 0.6 is 34.8 Å². The van der Waals surface area contributed by atoms with Crippen molar-refractivity contribution >= 4 is 62.3 Å². The van der Waals surface area contributed by atoms with Crippen molar-refractivity contribution in [3.8, 4) is 5.75 Å². The van der Waals surface area contributed by atoms with Gasteiger partial charge in [-0.2, -0.15) is 0 Å². The number of amides is 2. The van der Waals surface area contributed by atoms with Gasteiger partial charge in [0.1, 0.15) is 11.8 Å². The minimum absolute atomic E-state index is 0.0129. The summed E-state index contributed by atoms with van der Waals surface area (Å²) in [5, 5.41) is 3.86. The van der Waals surface area contributed by atoms with Gasteiger partial charge in [0, 0.05) is 26.1 Å². The zero-order valence-corrected chi connectivity index (χ0v) is 25.2. The van der Waals surface area contributed by atoms with E-state index >= 15 is 0 Å². The molecule has 0 unspecified atom stereocenters. The monoisotopic (exact) mass is 605 g/mol. The van der Waals surface area contributed by atoms with Gasteiger partial charge in [0.25, 0.3) is 0 Å². The van der Waals surface area contributed by atoms with Crippen LogP contribution < -0.4 is 14.4 Å². The third kappa shape index (κ3) is 9.22. The van der Waals surface area contributed by atoms with Crippen molar-refractivity contribution in [2.75, 3.05) is 30.8 Å². The van der Waals surface area contributed by atoms with Gasteiger partial charge in [-0.15, -0.1) is 0 Å². The van der Waals surface area contributed by atoms with E-state index < -0.39 is 16.1 Å². The van der Waals surface area contributed by atoms with Crippen LogP contribution in [0.1, 0.15) is 39.2 Å². The van der Waals surface area contributed by atoms with E-state index in [1.54, 1.807) is 37.3 Å². The van der Waals surface area contributed by atoms with Gasteiger partial charge in [-0.3, -0.25) is 13.9 Å². The first-order valence-electron chi connectivity index (χ1n) is 12.1. The molecule has 0 bridgehead atoms. The SMILES string of the molecule is COc1ccc(N(CCCC(=O)N(Cc2ccc(Cl)c(Cl)c2)[C@H](C)C(=O)NCC(C)C)S(C)(=O)=O)cc1Cl. The number of halogens is 3. The number of anilines is 1. The molecular formula is C26H34Cl3N3O5S. The number of ether oxygens (including phenoxy) is 1. The lowest BCUT2D eigenvalue weighted by molar-refractivity contribution is -0.140. The molecule has 0 aromatic heterocycles. The molecule has 0 radical (unpaired) electrons. The molecule has 210 valence electrons. The van der Waals surface area contributed by atoms with Crippen molar-refractivity contribution in [3.63, 3.8) is 0 Å². The molecule has 0 heterocycles. The summed E-state index contributed by atoms with van der Waals surface area (Å²) >= 11 is 18.4. The Kier molecular flexibility index (Phi) is 12.0. The van der Waals surface area contributed by atoms with Gasteiger partial charge in [-0.1, -0.05) is 54.7 Å². The fourth-order valence-corrected chi connectivity index (χ4v) is 5.21. The van der Waals surface area contributed by atoms with Crippen molar-refractivity contribution in [3.05, 3.63) is 57.0 Å². The van der Waals surface area contributed by atoms with Gasteiger partial charge in [0.15, 0.2) is 0 Å². The number of sulfonamides is 1. The summed E-state index contributed by atoms with van der Waals surface area (Å²) < 4.78 is 31.4. The summed E-state index contributed by atoms with van der Waals surface area (Å²) in [4.78, 5) is 27.7. The lowest BCUT2D eigenvalue weighted by Crippen LogP contribution is -2.48. The predicted molar refractivity (Wildman–Crippen MR) is 154 cm³/mol. The summed E-state index contributed by atoms with van der Waals surface area (Å²) in [5.74, 6) is 0.0859. The van der Waals surface area contributed by atoms with Gasteiger partial charge < -0.3 is 15.0 Å². The molecule has 8 nitrogen and oxygen atoms in total. The number of nitrogens with one attached hydrogen (secondary N) is 1. The van der Waals surface area contributed by atoms with Crippen LogP contribution in [0.2, 0.25) is 15.1 Å². The maximum Gasteiger partial charge on any atom is 0.242 e. The van der Waals surface area contributed by atoms with Crippen molar-refractivity contribution in [1.29, 1.82) is 0 Å². The Morgan fingerprint density at radius 3 is 2.24 bits per heavy atom. The smallest absolute Gasteiger partial charge is 0.242 e. The third-order valence-corrected chi connectivity index (χ3v) is 7.99. The first-order chi connectivity index (χ1) is 17.7. The molecule has 0 aliphatic heterocycles.